The van der Waals surface area contributed by atoms with E-state index in [-0.39, 0.29) is 5.91 Å². The van der Waals surface area contributed by atoms with E-state index in [1.807, 2.05) is 30.3 Å². The molecule has 0 saturated heterocycles. The van der Waals surface area contributed by atoms with Crippen molar-refractivity contribution in [2.75, 3.05) is 13.6 Å². The molecule has 0 aliphatic rings. The van der Waals surface area contributed by atoms with Gasteiger partial charge in [0.15, 0.2) is 5.82 Å². The minimum absolute atomic E-state index is 0.134. The number of nitrogens with one attached hydrogen (secondary N) is 1. The zero-order valence-corrected chi connectivity index (χ0v) is 16.3. The van der Waals surface area contributed by atoms with Crippen molar-refractivity contribution >= 4 is 28.4 Å². The molecule has 0 fully saturated rings. The van der Waals surface area contributed by atoms with Crippen LogP contribution >= 0.6 is 11.6 Å². The van der Waals surface area contributed by atoms with Gasteiger partial charge >= 0.3 is 0 Å². The van der Waals surface area contributed by atoms with Crippen LogP contribution in [0.5, 0.6) is 0 Å². The average molecular weight is 406 g/mol. The highest BCUT2D eigenvalue weighted by Crippen LogP contribution is 2.25. The van der Waals surface area contributed by atoms with Crippen LogP contribution in [0.4, 0.5) is 0 Å². The van der Waals surface area contributed by atoms with Gasteiger partial charge in [0, 0.05) is 41.5 Å². The van der Waals surface area contributed by atoms with E-state index in [0.29, 0.717) is 46.5 Å². The number of aromatic nitrogens is 3. The molecule has 0 bridgehead atoms. The van der Waals surface area contributed by atoms with Gasteiger partial charge < -0.3 is 14.4 Å². The number of nitrogens with zero attached hydrogens (tertiary/aromatic N) is 4. The standard InChI is InChI=1S/C21H16ClN5O2/c1-27(21(28)14-4-2-13(12-23)3-5-14)9-8-19-25-20(29-26-19)18-11-15-10-16(22)6-7-17(15)24-18/h2-7,10-11,24H,8-9H2,1H3. The number of carbonyl (C=O) groups excluding carboxylic acids is 1. The number of H-pyrrole nitrogens is 1. The molecule has 29 heavy (non-hydrogen) atoms. The average Bonchev–Trinajstić information content (AvgIpc) is 3.38. The van der Waals surface area contributed by atoms with E-state index >= 15 is 0 Å². The number of hydrogen-bond donors (Lipinski definition) is 1. The highest BCUT2D eigenvalue weighted by molar-refractivity contribution is 6.31. The summed E-state index contributed by atoms with van der Waals surface area (Å²) >= 11 is 6.02. The second-order valence-electron chi connectivity index (χ2n) is 6.60. The molecule has 0 aliphatic heterocycles. The summed E-state index contributed by atoms with van der Waals surface area (Å²) in [6.07, 6.45) is 0.452. The lowest BCUT2D eigenvalue weighted by Gasteiger charge is -2.16. The number of benzene rings is 2. The lowest BCUT2D eigenvalue weighted by atomic mass is 10.1. The smallest absolute Gasteiger partial charge is 0.274 e. The Hall–Kier alpha value is -3.63. The van der Waals surface area contributed by atoms with Crippen LogP contribution in [0, 0.1) is 11.3 Å². The lowest BCUT2D eigenvalue weighted by Crippen LogP contribution is -2.29. The first kappa shape index (κ1) is 18.7. The van der Waals surface area contributed by atoms with Crippen molar-refractivity contribution in [2.45, 2.75) is 6.42 Å². The van der Waals surface area contributed by atoms with Gasteiger partial charge in [0.25, 0.3) is 11.8 Å². The van der Waals surface area contributed by atoms with Crippen LogP contribution < -0.4 is 0 Å². The molecular weight excluding hydrogens is 390 g/mol. The molecule has 0 spiro atoms. The second-order valence-corrected chi connectivity index (χ2v) is 7.03. The Labute approximate surface area is 171 Å². The van der Waals surface area contributed by atoms with Crippen LogP contribution in [0.3, 0.4) is 0 Å². The predicted octanol–water partition coefficient (Wildman–Crippen LogP) is 4.06. The number of rotatable bonds is 5. The number of hydrogen-bond acceptors (Lipinski definition) is 5. The van der Waals surface area contributed by atoms with Crippen LogP contribution in [-0.2, 0) is 6.42 Å². The van der Waals surface area contributed by atoms with Gasteiger partial charge in [-0.25, -0.2) is 0 Å². The zero-order valence-electron chi connectivity index (χ0n) is 15.5. The van der Waals surface area contributed by atoms with E-state index in [1.165, 1.54) is 0 Å². The summed E-state index contributed by atoms with van der Waals surface area (Å²) in [5.74, 6) is 0.760. The van der Waals surface area contributed by atoms with Crippen molar-refractivity contribution in [2.24, 2.45) is 0 Å². The number of carbonyl (C=O) groups is 1. The maximum atomic E-state index is 12.5. The van der Waals surface area contributed by atoms with Gasteiger partial charge in [0.2, 0.25) is 0 Å². The van der Waals surface area contributed by atoms with E-state index in [9.17, 15) is 4.79 Å². The fraction of sp³-hybridized carbons (Fsp3) is 0.143. The summed E-state index contributed by atoms with van der Waals surface area (Å²) in [5, 5.41) is 14.5. The monoisotopic (exact) mass is 405 g/mol. The molecule has 0 radical (unpaired) electrons. The Morgan fingerprint density at radius 1 is 1.24 bits per heavy atom. The fourth-order valence-corrected chi connectivity index (χ4v) is 3.14. The molecule has 2 aromatic carbocycles. The summed E-state index contributed by atoms with van der Waals surface area (Å²) in [4.78, 5) is 21.7. The van der Waals surface area contributed by atoms with E-state index in [2.05, 4.69) is 15.1 Å². The molecule has 0 aliphatic carbocycles. The maximum absolute atomic E-state index is 12.5. The van der Waals surface area contributed by atoms with Gasteiger partial charge in [-0.15, -0.1) is 0 Å². The molecule has 0 saturated carbocycles. The number of halogens is 1. The quantitative estimate of drug-likeness (QED) is 0.539. The fourth-order valence-electron chi connectivity index (χ4n) is 2.96. The third kappa shape index (κ3) is 3.98. The summed E-state index contributed by atoms with van der Waals surface area (Å²) in [7, 11) is 1.71. The number of fused-ring (bicyclic) bond motifs is 1. The molecule has 1 N–H and O–H groups in total. The highest BCUT2D eigenvalue weighted by atomic mass is 35.5. The van der Waals surface area contributed by atoms with Gasteiger partial charge in [-0.3, -0.25) is 4.79 Å². The van der Waals surface area contributed by atoms with Crippen molar-refractivity contribution in [1.82, 2.24) is 20.0 Å². The first-order chi connectivity index (χ1) is 14.0. The van der Waals surface area contributed by atoms with E-state index in [0.717, 1.165) is 10.9 Å². The van der Waals surface area contributed by atoms with Crippen molar-refractivity contribution < 1.29 is 9.32 Å². The largest absolute Gasteiger partial charge is 0.351 e. The van der Waals surface area contributed by atoms with Crippen LogP contribution in [0.25, 0.3) is 22.5 Å². The van der Waals surface area contributed by atoms with Crippen molar-refractivity contribution in [1.29, 1.82) is 5.26 Å². The Morgan fingerprint density at radius 2 is 2.03 bits per heavy atom. The van der Waals surface area contributed by atoms with Gasteiger partial charge in [0.1, 0.15) is 5.69 Å². The molecule has 4 rings (SSSR count). The third-order valence-corrected chi connectivity index (χ3v) is 4.79. The Bertz CT molecular complexity index is 1220. The van der Waals surface area contributed by atoms with Gasteiger partial charge in [-0.2, -0.15) is 10.2 Å². The molecule has 4 aromatic rings. The van der Waals surface area contributed by atoms with E-state index in [1.54, 1.807) is 36.2 Å². The summed E-state index contributed by atoms with van der Waals surface area (Å²) in [5.41, 5.74) is 2.68. The SMILES string of the molecule is CN(CCc1noc(-c2cc3cc(Cl)ccc3[nH]2)n1)C(=O)c1ccc(C#N)cc1. The van der Waals surface area contributed by atoms with Crippen molar-refractivity contribution in [3.05, 3.63) is 70.5 Å². The van der Waals surface area contributed by atoms with Crippen LogP contribution in [0.2, 0.25) is 5.02 Å². The molecular formula is C21H16ClN5O2. The second kappa shape index (κ2) is 7.78. The lowest BCUT2D eigenvalue weighted by molar-refractivity contribution is 0.0796. The molecule has 7 nitrogen and oxygen atoms in total. The Kier molecular flexibility index (Phi) is 5.02. The summed E-state index contributed by atoms with van der Waals surface area (Å²) < 4.78 is 5.35. The molecule has 144 valence electrons. The topological polar surface area (TPSA) is 98.8 Å². The predicted molar refractivity (Wildman–Crippen MR) is 108 cm³/mol. The summed E-state index contributed by atoms with van der Waals surface area (Å²) in [6, 6.07) is 16.0. The molecule has 8 heteroatoms. The number of nitriles is 1. The van der Waals surface area contributed by atoms with Gasteiger partial charge in [-0.1, -0.05) is 16.8 Å². The molecule has 2 aromatic heterocycles. The van der Waals surface area contributed by atoms with E-state index < -0.39 is 0 Å². The molecule has 0 atom stereocenters. The number of likely N-dealkylation sites (N-methyl/N-ethyl adjacent to an activating group) is 1. The minimum atomic E-state index is -0.134. The molecule has 0 unspecified atom stereocenters. The zero-order chi connectivity index (χ0) is 20.4. The minimum Gasteiger partial charge on any atom is -0.351 e. The number of amides is 1. The first-order valence-electron chi connectivity index (χ1n) is 8.90. The van der Waals surface area contributed by atoms with Crippen LogP contribution in [-0.4, -0.2) is 39.5 Å². The maximum Gasteiger partial charge on any atom is 0.274 e. The summed E-state index contributed by atoms with van der Waals surface area (Å²) in [6.45, 7) is 0.431. The van der Waals surface area contributed by atoms with Crippen molar-refractivity contribution in [3.63, 3.8) is 0 Å². The number of aromatic amines is 1. The third-order valence-electron chi connectivity index (χ3n) is 4.56. The molecule has 2 heterocycles. The Morgan fingerprint density at radius 3 is 2.79 bits per heavy atom. The van der Waals surface area contributed by atoms with Crippen LogP contribution in [0.15, 0.2) is 53.1 Å². The normalized spacial score (nSPS) is 10.8. The van der Waals surface area contributed by atoms with E-state index in [4.69, 9.17) is 21.4 Å². The first-order valence-corrected chi connectivity index (χ1v) is 9.28. The van der Waals surface area contributed by atoms with Crippen molar-refractivity contribution in [3.8, 4) is 17.7 Å². The Balaban J connectivity index is 1.41. The molecule has 1 amide bonds. The van der Waals surface area contributed by atoms with Gasteiger partial charge in [0.05, 0.1) is 11.6 Å². The van der Waals surface area contributed by atoms with Crippen LogP contribution in [0.1, 0.15) is 21.7 Å². The van der Waals surface area contributed by atoms with Gasteiger partial charge in [-0.05, 0) is 48.5 Å². The highest BCUT2D eigenvalue weighted by Gasteiger charge is 2.15.